The lowest BCUT2D eigenvalue weighted by atomic mass is 10.1. The summed E-state index contributed by atoms with van der Waals surface area (Å²) in [5.74, 6) is 0.369. The molecule has 0 spiro atoms. The minimum absolute atomic E-state index is 0.121. The van der Waals surface area contributed by atoms with Gasteiger partial charge in [0.1, 0.15) is 11.5 Å². The first-order valence-electron chi connectivity index (χ1n) is 5.59. The quantitative estimate of drug-likeness (QED) is 0.725. The summed E-state index contributed by atoms with van der Waals surface area (Å²) < 4.78 is 0. The van der Waals surface area contributed by atoms with E-state index in [1.54, 1.807) is 36.4 Å². The molecule has 0 aliphatic carbocycles. The molecule has 0 radical (unpaired) electrons. The molecule has 0 fully saturated rings. The van der Waals surface area contributed by atoms with Crippen molar-refractivity contribution < 1.29 is 15.3 Å². The number of hydrogen-bond donors (Lipinski definition) is 3. The summed E-state index contributed by atoms with van der Waals surface area (Å²) in [6, 6.07) is 11.7. The number of rotatable bonds is 3. The molecule has 3 nitrogen and oxygen atoms in total. The molecular weight excluding hydrogens is 228 g/mol. The standard InChI is InChI=1S/C15H14O3/c16-10-13-9-15(18)8-5-12(13)4-1-11-2-6-14(17)7-3-11/h1-9,16-18H,10H2. The molecule has 3 N–H and O–H groups in total. The third-order valence-corrected chi connectivity index (χ3v) is 2.65. The molecule has 18 heavy (non-hydrogen) atoms. The molecule has 0 bridgehead atoms. The van der Waals surface area contributed by atoms with Crippen LogP contribution in [0.2, 0.25) is 0 Å². The van der Waals surface area contributed by atoms with Gasteiger partial charge in [-0.3, -0.25) is 0 Å². The molecule has 2 aromatic rings. The lowest BCUT2D eigenvalue weighted by Crippen LogP contribution is -1.87. The molecule has 3 heteroatoms. The van der Waals surface area contributed by atoms with E-state index in [0.29, 0.717) is 5.56 Å². The zero-order valence-corrected chi connectivity index (χ0v) is 9.74. The smallest absolute Gasteiger partial charge is 0.115 e. The van der Waals surface area contributed by atoms with E-state index in [2.05, 4.69) is 0 Å². The Balaban J connectivity index is 2.25. The Morgan fingerprint density at radius 3 is 2.17 bits per heavy atom. The maximum absolute atomic E-state index is 9.32. The van der Waals surface area contributed by atoms with Crippen LogP contribution in [0.5, 0.6) is 11.5 Å². The lowest BCUT2D eigenvalue weighted by molar-refractivity contribution is 0.281. The van der Waals surface area contributed by atoms with Crippen LogP contribution < -0.4 is 0 Å². The minimum atomic E-state index is -0.121. The zero-order chi connectivity index (χ0) is 13.0. The van der Waals surface area contributed by atoms with Gasteiger partial charge in [0.25, 0.3) is 0 Å². The molecule has 0 heterocycles. The van der Waals surface area contributed by atoms with Crippen molar-refractivity contribution in [3.63, 3.8) is 0 Å². The van der Waals surface area contributed by atoms with Crippen LogP contribution in [0.1, 0.15) is 16.7 Å². The first-order chi connectivity index (χ1) is 8.69. The van der Waals surface area contributed by atoms with Crippen molar-refractivity contribution in [2.45, 2.75) is 6.61 Å². The van der Waals surface area contributed by atoms with Crippen molar-refractivity contribution in [3.8, 4) is 11.5 Å². The van der Waals surface area contributed by atoms with Crippen LogP contribution in [-0.2, 0) is 6.61 Å². The molecule has 2 rings (SSSR count). The summed E-state index contributed by atoms with van der Waals surface area (Å²) in [6.45, 7) is -0.121. The summed E-state index contributed by atoms with van der Waals surface area (Å²) in [5.41, 5.74) is 2.47. The van der Waals surface area contributed by atoms with Crippen LogP contribution in [0.25, 0.3) is 12.2 Å². The van der Waals surface area contributed by atoms with E-state index in [-0.39, 0.29) is 18.1 Å². The Hall–Kier alpha value is -2.26. The Bertz CT molecular complexity index is 556. The van der Waals surface area contributed by atoms with Gasteiger partial charge in [-0.05, 0) is 41.0 Å². The number of aromatic hydroxyl groups is 2. The maximum atomic E-state index is 9.32. The second-order valence-electron chi connectivity index (χ2n) is 3.97. The Morgan fingerprint density at radius 1 is 0.833 bits per heavy atom. The Labute approximate surface area is 105 Å². The predicted molar refractivity (Wildman–Crippen MR) is 71.1 cm³/mol. The summed E-state index contributed by atoms with van der Waals surface area (Å²) in [7, 11) is 0. The van der Waals surface area contributed by atoms with Gasteiger partial charge in [-0.2, -0.15) is 0 Å². The summed E-state index contributed by atoms with van der Waals surface area (Å²) in [5, 5.41) is 27.7. The van der Waals surface area contributed by atoms with Crippen molar-refractivity contribution in [2.75, 3.05) is 0 Å². The third-order valence-electron chi connectivity index (χ3n) is 2.65. The largest absolute Gasteiger partial charge is 0.508 e. The van der Waals surface area contributed by atoms with Crippen molar-refractivity contribution in [3.05, 3.63) is 59.2 Å². The van der Waals surface area contributed by atoms with Gasteiger partial charge >= 0.3 is 0 Å². The van der Waals surface area contributed by atoms with Crippen LogP contribution >= 0.6 is 0 Å². The molecule has 92 valence electrons. The van der Waals surface area contributed by atoms with E-state index in [1.807, 2.05) is 12.2 Å². The average Bonchev–Trinajstić information content (AvgIpc) is 2.39. The number of benzene rings is 2. The molecule has 0 saturated heterocycles. The second kappa shape index (κ2) is 5.38. The van der Waals surface area contributed by atoms with E-state index >= 15 is 0 Å². The zero-order valence-electron chi connectivity index (χ0n) is 9.74. The predicted octanol–water partition coefficient (Wildman–Crippen LogP) is 2.76. The van der Waals surface area contributed by atoms with Gasteiger partial charge < -0.3 is 15.3 Å². The monoisotopic (exact) mass is 242 g/mol. The van der Waals surface area contributed by atoms with Gasteiger partial charge in [0.2, 0.25) is 0 Å². The maximum Gasteiger partial charge on any atom is 0.115 e. The van der Waals surface area contributed by atoms with E-state index in [9.17, 15) is 10.2 Å². The van der Waals surface area contributed by atoms with E-state index in [0.717, 1.165) is 11.1 Å². The molecule has 0 aliphatic rings. The third kappa shape index (κ3) is 2.90. The fraction of sp³-hybridized carbons (Fsp3) is 0.0667. The summed E-state index contributed by atoms with van der Waals surface area (Å²) in [6.07, 6.45) is 3.74. The first-order valence-corrected chi connectivity index (χ1v) is 5.59. The topological polar surface area (TPSA) is 60.7 Å². The van der Waals surface area contributed by atoms with Gasteiger partial charge in [-0.1, -0.05) is 30.4 Å². The number of phenolic OH excluding ortho intramolecular Hbond substituents is 2. The lowest BCUT2D eigenvalue weighted by Gasteiger charge is -2.03. The van der Waals surface area contributed by atoms with E-state index in [4.69, 9.17) is 5.11 Å². The Kier molecular flexibility index (Phi) is 3.65. The highest BCUT2D eigenvalue weighted by Gasteiger charge is 1.99. The van der Waals surface area contributed by atoms with Gasteiger partial charge in [-0.25, -0.2) is 0 Å². The van der Waals surface area contributed by atoms with E-state index < -0.39 is 0 Å². The van der Waals surface area contributed by atoms with Crippen molar-refractivity contribution in [1.82, 2.24) is 0 Å². The minimum Gasteiger partial charge on any atom is -0.508 e. The van der Waals surface area contributed by atoms with Crippen molar-refractivity contribution in [1.29, 1.82) is 0 Å². The molecule has 0 aliphatic heterocycles. The SMILES string of the molecule is OCc1cc(O)ccc1C=Cc1ccc(O)cc1. The number of phenols is 2. The molecule has 0 atom stereocenters. The molecule has 0 aromatic heterocycles. The fourth-order valence-corrected chi connectivity index (χ4v) is 1.66. The summed E-state index contributed by atoms with van der Waals surface area (Å²) in [4.78, 5) is 0. The van der Waals surface area contributed by atoms with E-state index in [1.165, 1.54) is 6.07 Å². The van der Waals surface area contributed by atoms with Gasteiger partial charge in [-0.15, -0.1) is 0 Å². The second-order valence-corrected chi connectivity index (χ2v) is 3.97. The average molecular weight is 242 g/mol. The van der Waals surface area contributed by atoms with Gasteiger partial charge in [0, 0.05) is 0 Å². The highest BCUT2D eigenvalue weighted by molar-refractivity contribution is 5.71. The number of aliphatic hydroxyl groups is 1. The van der Waals surface area contributed by atoms with Crippen LogP contribution in [0.3, 0.4) is 0 Å². The highest BCUT2D eigenvalue weighted by Crippen LogP contribution is 2.19. The van der Waals surface area contributed by atoms with Crippen LogP contribution in [0.4, 0.5) is 0 Å². The Morgan fingerprint density at radius 2 is 1.50 bits per heavy atom. The van der Waals surface area contributed by atoms with Crippen molar-refractivity contribution in [2.24, 2.45) is 0 Å². The van der Waals surface area contributed by atoms with Crippen LogP contribution in [0, 0.1) is 0 Å². The summed E-state index contributed by atoms with van der Waals surface area (Å²) >= 11 is 0. The molecular formula is C15H14O3. The van der Waals surface area contributed by atoms with Gasteiger partial charge in [0.05, 0.1) is 6.61 Å². The van der Waals surface area contributed by atoms with Crippen molar-refractivity contribution >= 4 is 12.2 Å². The highest BCUT2D eigenvalue weighted by atomic mass is 16.3. The normalized spacial score (nSPS) is 10.9. The fourth-order valence-electron chi connectivity index (χ4n) is 1.66. The van der Waals surface area contributed by atoms with Gasteiger partial charge in [0.15, 0.2) is 0 Å². The number of hydrogen-bond acceptors (Lipinski definition) is 3. The molecule has 0 amide bonds. The first kappa shape index (κ1) is 12.2. The molecule has 0 unspecified atom stereocenters. The molecule has 0 saturated carbocycles. The number of aliphatic hydroxyl groups excluding tert-OH is 1. The van der Waals surface area contributed by atoms with Crippen LogP contribution in [-0.4, -0.2) is 15.3 Å². The van der Waals surface area contributed by atoms with Crippen LogP contribution in [0.15, 0.2) is 42.5 Å². The molecule has 2 aromatic carbocycles.